The number of rotatable bonds is 6. The van der Waals surface area contributed by atoms with E-state index in [1.807, 2.05) is 18.2 Å². The normalized spacial score (nSPS) is 15.0. The molecule has 0 unspecified atom stereocenters. The number of aryl methyl sites for hydroxylation is 1. The number of hydrogen-bond acceptors (Lipinski definition) is 3. The lowest BCUT2D eigenvalue weighted by molar-refractivity contribution is 0.106. The zero-order valence-corrected chi connectivity index (χ0v) is 14.3. The molecule has 0 spiro atoms. The van der Waals surface area contributed by atoms with Crippen LogP contribution in [0.25, 0.3) is 0 Å². The minimum absolute atomic E-state index is 0.113. The van der Waals surface area contributed by atoms with Crippen molar-refractivity contribution in [1.29, 1.82) is 0 Å². The number of nitrogens with one attached hydrogen (secondary N) is 2. The van der Waals surface area contributed by atoms with Gasteiger partial charge in [0.1, 0.15) is 0 Å². The molecule has 0 aliphatic carbocycles. The highest BCUT2D eigenvalue weighted by molar-refractivity contribution is 5.73. The van der Waals surface area contributed by atoms with Crippen molar-refractivity contribution in [3.05, 3.63) is 35.9 Å². The number of urea groups is 1. The molecular formula is C18H27N3O3. The molecule has 1 aromatic carbocycles. The molecule has 1 saturated heterocycles. The van der Waals surface area contributed by atoms with E-state index in [4.69, 9.17) is 4.74 Å². The van der Waals surface area contributed by atoms with E-state index in [-0.39, 0.29) is 12.1 Å². The molecule has 2 rings (SSSR count). The lowest BCUT2D eigenvalue weighted by Crippen LogP contribution is -2.43. The number of nitrogens with zero attached hydrogens (tertiary/aromatic N) is 1. The van der Waals surface area contributed by atoms with Gasteiger partial charge in [-0.2, -0.15) is 0 Å². The Morgan fingerprint density at radius 2 is 1.88 bits per heavy atom. The van der Waals surface area contributed by atoms with Crippen LogP contribution in [0.2, 0.25) is 0 Å². The topological polar surface area (TPSA) is 70.7 Å². The molecular weight excluding hydrogens is 306 g/mol. The summed E-state index contributed by atoms with van der Waals surface area (Å²) in [6, 6.07) is 10.1. The van der Waals surface area contributed by atoms with Gasteiger partial charge in [0.2, 0.25) is 0 Å². The van der Waals surface area contributed by atoms with Crippen LogP contribution in [0.3, 0.4) is 0 Å². The molecule has 1 aliphatic rings. The molecule has 0 aromatic heterocycles. The number of benzene rings is 1. The Labute approximate surface area is 143 Å². The van der Waals surface area contributed by atoms with E-state index in [9.17, 15) is 9.59 Å². The fourth-order valence-electron chi connectivity index (χ4n) is 2.89. The number of likely N-dealkylation sites (tertiary alicyclic amines) is 1. The molecule has 2 N–H and O–H groups in total. The SMILES string of the molecule is COC(=O)N1CCC(CNC(=O)NCCCc2ccccc2)CC1. The number of piperidine rings is 1. The maximum atomic E-state index is 11.8. The van der Waals surface area contributed by atoms with E-state index in [1.165, 1.54) is 12.7 Å². The van der Waals surface area contributed by atoms with Crippen LogP contribution in [-0.2, 0) is 11.2 Å². The van der Waals surface area contributed by atoms with Gasteiger partial charge in [0.25, 0.3) is 0 Å². The second-order valence-corrected chi connectivity index (χ2v) is 6.13. The second-order valence-electron chi connectivity index (χ2n) is 6.13. The molecule has 132 valence electrons. The van der Waals surface area contributed by atoms with Crippen molar-refractivity contribution in [2.24, 2.45) is 5.92 Å². The van der Waals surface area contributed by atoms with Crippen molar-refractivity contribution < 1.29 is 14.3 Å². The first kappa shape index (κ1) is 18.1. The van der Waals surface area contributed by atoms with Crippen LogP contribution in [0.5, 0.6) is 0 Å². The fraction of sp³-hybridized carbons (Fsp3) is 0.556. The fourth-order valence-corrected chi connectivity index (χ4v) is 2.89. The van der Waals surface area contributed by atoms with Crippen LogP contribution >= 0.6 is 0 Å². The van der Waals surface area contributed by atoms with Crippen LogP contribution in [0.15, 0.2) is 30.3 Å². The molecule has 6 nitrogen and oxygen atoms in total. The highest BCUT2D eigenvalue weighted by Crippen LogP contribution is 2.16. The van der Waals surface area contributed by atoms with Gasteiger partial charge in [0, 0.05) is 26.2 Å². The number of ether oxygens (including phenoxy) is 1. The van der Waals surface area contributed by atoms with Gasteiger partial charge in [-0.15, -0.1) is 0 Å². The highest BCUT2D eigenvalue weighted by atomic mass is 16.5. The average molecular weight is 333 g/mol. The van der Waals surface area contributed by atoms with Crippen LogP contribution in [-0.4, -0.2) is 50.3 Å². The van der Waals surface area contributed by atoms with Gasteiger partial charge in [-0.1, -0.05) is 30.3 Å². The smallest absolute Gasteiger partial charge is 0.409 e. The van der Waals surface area contributed by atoms with Gasteiger partial charge >= 0.3 is 12.1 Å². The third kappa shape index (κ3) is 6.10. The molecule has 0 radical (unpaired) electrons. The summed E-state index contributed by atoms with van der Waals surface area (Å²) < 4.78 is 4.72. The first-order valence-electron chi connectivity index (χ1n) is 8.57. The standard InChI is InChI=1S/C18H27N3O3/c1-24-18(23)21-12-9-16(10-13-21)14-20-17(22)19-11-5-8-15-6-3-2-4-7-15/h2-4,6-7,16H,5,8-14H2,1H3,(H2,19,20,22). The van der Waals surface area contributed by atoms with Crippen molar-refractivity contribution in [3.8, 4) is 0 Å². The Hall–Kier alpha value is -2.24. The molecule has 6 heteroatoms. The molecule has 0 bridgehead atoms. The van der Waals surface area contributed by atoms with Crippen LogP contribution in [0, 0.1) is 5.92 Å². The Morgan fingerprint density at radius 1 is 1.17 bits per heavy atom. The Morgan fingerprint density at radius 3 is 2.54 bits per heavy atom. The first-order chi connectivity index (χ1) is 11.7. The van der Waals surface area contributed by atoms with Crippen molar-refractivity contribution >= 4 is 12.1 Å². The molecule has 3 amide bonds. The number of carbonyl (C=O) groups is 2. The van der Waals surface area contributed by atoms with Crippen molar-refractivity contribution in [2.45, 2.75) is 25.7 Å². The van der Waals surface area contributed by atoms with Gasteiger partial charge < -0.3 is 20.3 Å². The second kappa shape index (κ2) is 9.80. The first-order valence-corrected chi connectivity index (χ1v) is 8.57. The molecule has 24 heavy (non-hydrogen) atoms. The monoisotopic (exact) mass is 333 g/mol. The summed E-state index contributed by atoms with van der Waals surface area (Å²) in [5.74, 6) is 0.418. The highest BCUT2D eigenvalue weighted by Gasteiger charge is 2.23. The largest absolute Gasteiger partial charge is 0.453 e. The Balaban J connectivity index is 1.53. The molecule has 0 atom stereocenters. The molecule has 0 saturated carbocycles. The average Bonchev–Trinajstić information content (AvgIpc) is 2.64. The van der Waals surface area contributed by atoms with Gasteiger partial charge in [0.05, 0.1) is 7.11 Å². The van der Waals surface area contributed by atoms with Gasteiger partial charge in [-0.3, -0.25) is 0 Å². The minimum atomic E-state index is -0.266. The van der Waals surface area contributed by atoms with Crippen LogP contribution in [0.1, 0.15) is 24.8 Å². The van der Waals surface area contributed by atoms with E-state index < -0.39 is 0 Å². The minimum Gasteiger partial charge on any atom is -0.453 e. The van der Waals surface area contributed by atoms with E-state index >= 15 is 0 Å². The molecule has 1 fully saturated rings. The summed E-state index contributed by atoms with van der Waals surface area (Å²) in [4.78, 5) is 24.9. The van der Waals surface area contributed by atoms with E-state index in [2.05, 4.69) is 22.8 Å². The van der Waals surface area contributed by atoms with Gasteiger partial charge in [0.15, 0.2) is 0 Å². The van der Waals surface area contributed by atoms with Crippen LogP contribution < -0.4 is 10.6 Å². The summed E-state index contributed by atoms with van der Waals surface area (Å²) in [7, 11) is 1.40. The number of hydrogen-bond donors (Lipinski definition) is 2. The van der Waals surface area contributed by atoms with Gasteiger partial charge in [-0.25, -0.2) is 9.59 Å². The lowest BCUT2D eigenvalue weighted by atomic mass is 9.97. The number of methoxy groups -OCH3 is 1. The zero-order chi connectivity index (χ0) is 17.2. The third-order valence-corrected chi connectivity index (χ3v) is 4.37. The van der Waals surface area contributed by atoms with E-state index in [0.29, 0.717) is 32.1 Å². The maximum Gasteiger partial charge on any atom is 0.409 e. The maximum absolute atomic E-state index is 11.8. The van der Waals surface area contributed by atoms with Crippen LogP contribution in [0.4, 0.5) is 9.59 Å². The van der Waals surface area contributed by atoms with Crippen molar-refractivity contribution in [2.75, 3.05) is 33.3 Å². The molecule has 1 aliphatic heterocycles. The molecule has 1 aromatic rings. The summed E-state index contributed by atoms with van der Waals surface area (Å²) in [6.07, 6.45) is 3.41. The molecule has 1 heterocycles. The van der Waals surface area contributed by atoms with Gasteiger partial charge in [-0.05, 0) is 37.2 Å². The zero-order valence-electron chi connectivity index (χ0n) is 14.3. The summed E-state index contributed by atoms with van der Waals surface area (Å²) >= 11 is 0. The van der Waals surface area contributed by atoms with E-state index in [1.54, 1.807) is 4.90 Å². The summed E-state index contributed by atoms with van der Waals surface area (Å²) in [5, 5.41) is 5.82. The number of amides is 3. The summed E-state index contributed by atoms with van der Waals surface area (Å²) in [5.41, 5.74) is 1.29. The van der Waals surface area contributed by atoms with E-state index in [0.717, 1.165) is 25.7 Å². The summed E-state index contributed by atoms with van der Waals surface area (Å²) in [6.45, 7) is 2.70. The lowest BCUT2D eigenvalue weighted by Gasteiger charge is -2.30. The quantitative estimate of drug-likeness (QED) is 0.785. The predicted molar refractivity (Wildman–Crippen MR) is 92.9 cm³/mol. The Bertz CT molecular complexity index is 514. The predicted octanol–water partition coefficient (Wildman–Crippen LogP) is 2.40. The third-order valence-electron chi connectivity index (χ3n) is 4.37. The Kier molecular flexibility index (Phi) is 7.39. The number of carbonyl (C=O) groups excluding carboxylic acids is 2. The van der Waals surface area contributed by atoms with Crippen molar-refractivity contribution in [1.82, 2.24) is 15.5 Å². The van der Waals surface area contributed by atoms with Crippen molar-refractivity contribution in [3.63, 3.8) is 0 Å².